The van der Waals surface area contributed by atoms with Gasteiger partial charge in [-0.2, -0.15) is 0 Å². The van der Waals surface area contributed by atoms with E-state index >= 15 is 0 Å². The van der Waals surface area contributed by atoms with Gasteiger partial charge in [-0.1, -0.05) is 24.9 Å². The molecular formula is C8H11ClO4. The van der Waals surface area contributed by atoms with E-state index in [4.69, 9.17) is 16.7 Å². The number of hydrogen-bond donors (Lipinski definition) is 1. The molecule has 0 unspecified atom stereocenters. The second-order valence-electron chi connectivity index (χ2n) is 2.32. The maximum atomic E-state index is 10.9. The van der Waals surface area contributed by atoms with Gasteiger partial charge in [0.05, 0.1) is 6.61 Å². The molecule has 0 atom stereocenters. The Morgan fingerprint density at radius 2 is 2.15 bits per heavy atom. The lowest BCUT2D eigenvalue weighted by molar-refractivity contribution is -0.139. The fourth-order valence-corrected chi connectivity index (χ4v) is 0.693. The summed E-state index contributed by atoms with van der Waals surface area (Å²) in [5, 5.41) is 7.82. The SMILES string of the molecule is CCCCOC(=O)C(Cl)=CC(=O)O. The molecule has 0 fully saturated rings. The zero-order chi connectivity index (χ0) is 10.3. The largest absolute Gasteiger partial charge is 0.478 e. The van der Waals surface area contributed by atoms with Crippen LogP contribution in [0.1, 0.15) is 19.8 Å². The number of carboxylic acid groups (broad SMARTS) is 1. The van der Waals surface area contributed by atoms with Crippen molar-refractivity contribution in [1.29, 1.82) is 0 Å². The van der Waals surface area contributed by atoms with Gasteiger partial charge in [-0.25, -0.2) is 9.59 Å². The summed E-state index contributed by atoms with van der Waals surface area (Å²) in [6, 6.07) is 0. The highest BCUT2D eigenvalue weighted by Gasteiger charge is 2.09. The average Bonchev–Trinajstić information content (AvgIpc) is 2.03. The number of aliphatic carboxylic acids is 1. The van der Waals surface area contributed by atoms with Gasteiger partial charge in [0.15, 0.2) is 0 Å². The fourth-order valence-electron chi connectivity index (χ4n) is 0.545. The predicted molar refractivity (Wildman–Crippen MR) is 47.4 cm³/mol. The third-order valence-electron chi connectivity index (χ3n) is 1.18. The smallest absolute Gasteiger partial charge is 0.350 e. The van der Waals surface area contributed by atoms with Gasteiger partial charge in [-0.15, -0.1) is 0 Å². The lowest BCUT2D eigenvalue weighted by Crippen LogP contribution is -2.07. The summed E-state index contributed by atoms with van der Waals surface area (Å²) >= 11 is 5.31. The van der Waals surface area contributed by atoms with Crippen molar-refractivity contribution in [3.8, 4) is 0 Å². The molecule has 0 aliphatic carbocycles. The second kappa shape index (κ2) is 6.48. The van der Waals surface area contributed by atoms with Crippen molar-refractivity contribution in [3.63, 3.8) is 0 Å². The predicted octanol–water partition coefficient (Wildman–Crippen LogP) is 1.54. The number of rotatable bonds is 5. The molecule has 0 saturated carbocycles. The Bertz CT molecular complexity index is 222. The fraction of sp³-hybridized carbons (Fsp3) is 0.500. The van der Waals surface area contributed by atoms with Crippen molar-refractivity contribution < 1.29 is 19.4 Å². The number of carboxylic acids is 1. The first-order chi connectivity index (χ1) is 6.07. The Labute approximate surface area is 81.1 Å². The summed E-state index contributed by atoms with van der Waals surface area (Å²) in [5.74, 6) is -2.06. The Kier molecular flexibility index (Phi) is 5.97. The van der Waals surface area contributed by atoms with Crippen LogP contribution in [-0.2, 0) is 14.3 Å². The number of unbranched alkanes of at least 4 members (excludes halogenated alkanes) is 1. The standard InChI is InChI=1S/C8H11ClO4/c1-2-3-4-13-8(12)6(9)5-7(10)11/h5H,2-4H2,1H3,(H,10,11). The lowest BCUT2D eigenvalue weighted by atomic mass is 10.4. The average molecular weight is 207 g/mol. The van der Waals surface area contributed by atoms with Gasteiger partial charge in [-0.05, 0) is 6.42 Å². The van der Waals surface area contributed by atoms with Crippen LogP contribution < -0.4 is 0 Å². The number of hydrogen-bond acceptors (Lipinski definition) is 3. The second-order valence-corrected chi connectivity index (χ2v) is 2.73. The molecule has 0 radical (unpaired) electrons. The molecule has 5 heteroatoms. The minimum Gasteiger partial charge on any atom is -0.478 e. The summed E-state index contributed by atoms with van der Waals surface area (Å²) in [5.41, 5.74) is 0. The monoisotopic (exact) mass is 206 g/mol. The van der Waals surface area contributed by atoms with Gasteiger partial charge in [-0.3, -0.25) is 0 Å². The summed E-state index contributed by atoms with van der Waals surface area (Å²) in [7, 11) is 0. The molecule has 0 amide bonds. The van der Waals surface area contributed by atoms with Crippen LogP contribution in [0, 0.1) is 0 Å². The summed E-state index contributed by atoms with van der Waals surface area (Å²) in [6.45, 7) is 2.21. The van der Waals surface area contributed by atoms with Gasteiger partial charge < -0.3 is 9.84 Å². The van der Waals surface area contributed by atoms with E-state index in [0.717, 1.165) is 12.8 Å². The number of ether oxygens (including phenoxy) is 1. The van der Waals surface area contributed by atoms with Crippen molar-refractivity contribution in [1.82, 2.24) is 0 Å². The molecule has 0 heterocycles. The van der Waals surface area contributed by atoms with Crippen LogP contribution in [0.15, 0.2) is 11.1 Å². The molecule has 0 aliphatic heterocycles. The first-order valence-corrected chi connectivity index (χ1v) is 4.23. The number of carbonyl (C=O) groups is 2. The van der Waals surface area contributed by atoms with E-state index in [1.54, 1.807) is 0 Å². The highest BCUT2D eigenvalue weighted by atomic mass is 35.5. The molecule has 13 heavy (non-hydrogen) atoms. The van der Waals surface area contributed by atoms with E-state index in [2.05, 4.69) is 4.74 Å². The van der Waals surface area contributed by atoms with E-state index in [0.29, 0.717) is 6.08 Å². The van der Waals surface area contributed by atoms with Crippen molar-refractivity contribution in [3.05, 3.63) is 11.1 Å². The third kappa shape index (κ3) is 6.16. The third-order valence-corrected chi connectivity index (χ3v) is 1.44. The van der Waals surface area contributed by atoms with Gasteiger partial charge in [0.25, 0.3) is 0 Å². The first-order valence-electron chi connectivity index (χ1n) is 3.85. The van der Waals surface area contributed by atoms with Crippen molar-refractivity contribution >= 4 is 23.5 Å². The molecule has 0 aromatic rings. The first kappa shape index (κ1) is 12.0. The Hall–Kier alpha value is -1.03. The molecule has 0 spiro atoms. The Morgan fingerprint density at radius 1 is 1.54 bits per heavy atom. The Morgan fingerprint density at radius 3 is 2.62 bits per heavy atom. The number of halogens is 1. The van der Waals surface area contributed by atoms with E-state index in [9.17, 15) is 9.59 Å². The molecule has 0 aliphatic rings. The Balaban J connectivity index is 3.90. The summed E-state index contributed by atoms with van der Waals surface area (Å²) in [6.07, 6.45) is 2.24. The van der Waals surface area contributed by atoms with E-state index in [1.165, 1.54) is 0 Å². The maximum Gasteiger partial charge on any atom is 0.350 e. The number of esters is 1. The van der Waals surface area contributed by atoms with E-state index in [-0.39, 0.29) is 6.61 Å². The van der Waals surface area contributed by atoms with Crippen LogP contribution in [0.5, 0.6) is 0 Å². The summed E-state index contributed by atoms with van der Waals surface area (Å²) in [4.78, 5) is 20.9. The maximum absolute atomic E-state index is 10.9. The molecule has 0 saturated heterocycles. The highest BCUT2D eigenvalue weighted by molar-refractivity contribution is 6.42. The van der Waals surface area contributed by atoms with Crippen LogP contribution in [0.25, 0.3) is 0 Å². The van der Waals surface area contributed by atoms with Crippen LogP contribution in [0.2, 0.25) is 0 Å². The molecule has 0 aromatic carbocycles. The van der Waals surface area contributed by atoms with Crippen molar-refractivity contribution in [2.75, 3.05) is 6.61 Å². The van der Waals surface area contributed by atoms with Crippen LogP contribution in [0.4, 0.5) is 0 Å². The highest BCUT2D eigenvalue weighted by Crippen LogP contribution is 2.04. The normalized spacial score (nSPS) is 11.1. The molecule has 0 aromatic heterocycles. The van der Waals surface area contributed by atoms with Gasteiger partial charge >= 0.3 is 11.9 Å². The van der Waals surface area contributed by atoms with Crippen molar-refractivity contribution in [2.24, 2.45) is 0 Å². The topological polar surface area (TPSA) is 63.6 Å². The zero-order valence-corrected chi connectivity index (χ0v) is 8.00. The minimum absolute atomic E-state index is 0.263. The van der Waals surface area contributed by atoms with Crippen molar-refractivity contribution in [2.45, 2.75) is 19.8 Å². The van der Waals surface area contributed by atoms with E-state index < -0.39 is 17.0 Å². The molecule has 0 bridgehead atoms. The molecular weight excluding hydrogens is 196 g/mol. The van der Waals surface area contributed by atoms with Gasteiger partial charge in [0, 0.05) is 6.08 Å². The van der Waals surface area contributed by atoms with Crippen LogP contribution >= 0.6 is 11.6 Å². The molecule has 0 rings (SSSR count). The van der Waals surface area contributed by atoms with E-state index in [1.807, 2.05) is 6.92 Å². The molecule has 4 nitrogen and oxygen atoms in total. The van der Waals surface area contributed by atoms with Crippen LogP contribution in [-0.4, -0.2) is 23.7 Å². The van der Waals surface area contributed by atoms with Gasteiger partial charge in [0.2, 0.25) is 0 Å². The number of carbonyl (C=O) groups excluding carboxylic acids is 1. The minimum atomic E-state index is -1.27. The lowest BCUT2D eigenvalue weighted by Gasteiger charge is -2.00. The van der Waals surface area contributed by atoms with Crippen LogP contribution in [0.3, 0.4) is 0 Å². The molecule has 1 N–H and O–H groups in total. The van der Waals surface area contributed by atoms with Gasteiger partial charge in [0.1, 0.15) is 5.03 Å². The quantitative estimate of drug-likeness (QED) is 0.421. The summed E-state index contributed by atoms with van der Waals surface area (Å²) < 4.78 is 4.64. The zero-order valence-electron chi connectivity index (χ0n) is 7.25. The molecule has 74 valence electrons.